The first kappa shape index (κ1) is 39.1. The molecule has 14 rings (SSSR count). The van der Waals surface area contributed by atoms with Crippen molar-refractivity contribution in [3.8, 4) is 67.0 Å². The van der Waals surface area contributed by atoms with Gasteiger partial charge in [-0.3, -0.25) is 4.40 Å². The third-order valence-corrected chi connectivity index (χ3v) is 14.3. The average Bonchev–Trinajstić information content (AvgIpc) is 3.84. The highest BCUT2D eigenvalue weighted by atomic mass is 15.0. The van der Waals surface area contributed by atoms with Gasteiger partial charge in [0.25, 0.3) is 0 Å². The van der Waals surface area contributed by atoms with Gasteiger partial charge < -0.3 is 0 Å². The monoisotopic (exact) mass is 874 g/mol. The fourth-order valence-corrected chi connectivity index (χ4v) is 11.1. The lowest BCUT2D eigenvalue weighted by atomic mass is 9.84. The van der Waals surface area contributed by atoms with Gasteiger partial charge in [0.1, 0.15) is 5.65 Å². The Labute approximate surface area is 399 Å². The van der Waals surface area contributed by atoms with Crippen molar-refractivity contribution in [2.75, 3.05) is 0 Å². The van der Waals surface area contributed by atoms with Crippen molar-refractivity contribution in [2.45, 2.75) is 0 Å². The Hall–Kier alpha value is -9.11. The van der Waals surface area contributed by atoms with E-state index in [1.165, 1.54) is 98.4 Å². The smallest absolute Gasteiger partial charge is 0.146 e. The highest BCUT2D eigenvalue weighted by Gasteiger charge is 2.22. The molecule has 0 radical (unpaired) electrons. The van der Waals surface area contributed by atoms with Gasteiger partial charge in [0.2, 0.25) is 0 Å². The van der Waals surface area contributed by atoms with E-state index in [1.807, 2.05) is 0 Å². The summed E-state index contributed by atoms with van der Waals surface area (Å²) in [6.45, 7) is 0. The Bertz CT molecular complexity index is 4340. The first-order valence-electron chi connectivity index (χ1n) is 23.8. The van der Waals surface area contributed by atoms with Gasteiger partial charge in [-0.25, -0.2) is 4.98 Å². The first-order valence-corrected chi connectivity index (χ1v) is 23.8. The highest BCUT2D eigenvalue weighted by Crippen LogP contribution is 2.46. The van der Waals surface area contributed by atoms with Gasteiger partial charge in [0.15, 0.2) is 0 Å². The molecule has 0 unspecified atom stereocenters. The van der Waals surface area contributed by atoms with Crippen molar-refractivity contribution < 1.29 is 0 Å². The lowest BCUT2D eigenvalue weighted by molar-refractivity contribution is 1.27. The van der Waals surface area contributed by atoms with Crippen LogP contribution >= 0.6 is 0 Å². The number of pyridine rings is 1. The number of fused-ring (bicyclic) bond motifs is 10. The minimum atomic E-state index is 0.958. The summed E-state index contributed by atoms with van der Waals surface area (Å²) in [5, 5.41) is 13.5. The van der Waals surface area contributed by atoms with Gasteiger partial charge in [-0.15, -0.1) is 0 Å². The second-order valence-corrected chi connectivity index (χ2v) is 18.2. The van der Waals surface area contributed by atoms with Crippen LogP contribution in [0.2, 0.25) is 0 Å². The standard InChI is InChI=1S/C67H42N2/c1-3-17-47(18-4-1)65-66(48-19-5-2-6-20-48)69-62-26-14-13-23-55(62)60-41-51(36-38-59(60)67(69)68-65)45-27-29-46(30-28-45)52-35-37-58-61(42-52)64(54-34-32-44-16-8-10-22-50(44)40-54)57-25-12-11-24-56(57)63(58)53-33-31-43-15-7-9-21-49(43)39-53/h1-42H. The molecule has 0 aliphatic heterocycles. The number of benzene rings is 12. The minimum Gasteiger partial charge on any atom is -0.291 e. The van der Waals surface area contributed by atoms with Crippen LogP contribution in [0.4, 0.5) is 0 Å². The zero-order chi connectivity index (χ0) is 45.4. The molecule has 0 saturated heterocycles. The Morgan fingerprint density at radius 2 is 0.681 bits per heavy atom. The van der Waals surface area contributed by atoms with Crippen LogP contribution in [-0.2, 0) is 0 Å². The molecule has 0 aliphatic carbocycles. The normalized spacial score (nSPS) is 11.8. The maximum Gasteiger partial charge on any atom is 0.146 e. The van der Waals surface area contributed by atoms with Gasteiger partial charge in [0.05, 0.1) is 16.9 Å². The van der Waals surface area contributed by atoms with Crippen LogP contribution < -0.4 is 0 Å². The molecule has 0 bridgehead atoms. The van der Waals surface area contributed by atoms with Gasteiger partial charge in [0, 0.05) is 21.9 Å². The van der Waals surface area contributed by atoms with Crippen molar-refractivity contribution in [1.29, 1.82) is 0 Å². The average molecular weight is 875 g/mol. The SMILES string of the molecule is c1ccc(-c2nc3c4ccc(-c5ccc(-c6ccc7c(-c8ccc9ccccc9c8)c8ccccc8c(-c8ccc9ccccc9c8)c7c6)cc5)cc4c4ccccc4n3c2-c2ccccc2)cc1. The van der Waals surface area contributed by atoms with E-state index in [9.17, 15) is 0 Å². The lowest BCUT2D eigenvalue weighted by Crippen LogP contribution is -1.94. The quantitative estimate of drug-likeness (QED) is 0.120. The van der Waals surface area contributed by atoms with Crippen LogP contribution in [0.15, 0.2) is 255 Å². The predicted molar refractivity (Wildman–Crippen MR) is 293 cm³/mol. The molecule has 0 spiro atoms. The molecule has 0 atom stereocenters. The summed E-state index contributed by atoms with van der Waals surface area (Å²) in [7, 11) is 0. The topological polar surface area (TPSA) is 17.3 Å². The zero-order valence-electron chi connectivity index (χ0n) is 37.6. The summed E-state index contributed by atoms with van der Waals surface area (Å²) in [6, 6.07) is 93.3. The van der Waals surface area contributed by atoms with E-state index in [-0.39, 0.29) is 0 Å². The number of imidazole rings is 1. The zero-order valence-corrected chi connectivity index (χ0v) is 37.6. The third kappa shape index (κ3) is 6.38. The van der Waals surface area contributed by atoms with E-state index in [4.69, 9.17) is 4.98 Å². The first-order chi connectivity index (χ1) is 34.2. The second kappa shape index (κ2) is 15.8. The number of aromatic nitrogens is 2. The van der Waals surface area contributed by atoms with E-state index >= 15 is 0 Å². The van der Waals surface area contributed by atoms with E-state index in [1.54, 1.807) is 0 Å². The Morgan fingerprint density at radius 3 is 1.29 bits per heavy atom. The molecule has 0 fully saturated rings. The number of rotatable bonds is 6. The molecular formula is C67H42N2. The van der Waals surface area contributed by atoms with Crippen LogP contribution in [0.3, 0.4) is 0 Å². The summed E-state index contributed by atoms with van der Waals surface area (Å²) < 4.78 is 2.37. The van der Waals surface area contributed by atoms with Crippen molar-refractivity contribution in [3.05, 3.63) is 255 Å². The highest BCUT2D eigenvalue weighted by molar-refractivity contribution is 6.23. The second-order valence-electron chi connectivity index (χ2n) is 18.2. The third-order valence-electron chi connectivity index (χ3n) is 14.3. The van der Waals surface area contributed by atoms with Crippen LogP contribution in [0, 0.1) is 0 Å². The summed E-state index contributed by atoms with van der Waals surface area (Å²) in [6.07, 6.45) is 0. The van der Waals surface area contributed by atoms with E-state index < -0.39 is 0 Å². The molecule has 0 amide bonds. The Balaban J connectivity index is 0.925. The Kier molecular flexibility index (Phi) is 8.93. The van der Waals surface area contributed by atoms with Crippen molar-refractivity contribution in [1.82, 2.24) is 9.38 Å². The van der Waals surface area contributed by atoms with Crippen molar-refractivity contribution in [2.24, 2.45) is 0 Å². The largest absolute Gasteiger partial charge is 0.291 e. The molecule has 2 aromatic heterocycles. The molecule has 0 saturated carbocycles. The molecule has 0 N–H and O–H groups in total. The number of nitrogens with zero attached hydrogens (tertiary/aromatic N) is 2. The van der Waals surface area contributed by atoms with E-state index in [0.717, 1.165) is 39.1 Å². The van der Waals surface area contributed by atoms with Gasteiger partial charge in [-0.05, 0) is 129 Å². The maximum atomic E-state index is 5.46. The molecule has 2 heteroatoms. The maximum absolute atomic E-state index is 5.46. The van der Waals surface area contributed by atoms with Crippen molar-refractivity contribution >= 4 is 70.4 Å². The minimum absolute atomic E-state index is 0.958. The number of hydrogen-bond acceptors (Lipinski definition) is 1. The lowest BCUT2D eigenvalue weighted by Gasteiger charge is -2.19. The summed E-state index contributed by atoms with van der Waals surface area (Å²) in [4.78, 5) is 5.46. The van der Waals surface area contributed by atoms with E-state index in [0.29, 0.717) is 0 Å². The van der Waals surface area contributed by atoms with Crippen molar-refractivity contribution in [3.63, 3.8) is 0 Å². The fourth-order valence-electron chi connectivity index (χ4n) is 11.1. The molecule has 2 heterocycles. The van der Waals surface area contributed by atoms with Gasteiger partial charge in [-0.2, -0.15) is 0 Å². The number of hydrogen-bond donors (Lipinski definition) is 0. The predicted octanol–water partition coefficient (Wildman–Crippen LogP) is 18.3. The summed E-state index contributed by atoms with van der Waals surface area (Å²) in [5.74, 6) is 0. The molecule has 14 aromatic rings. The molecule has 2 nitrogen and oxygen atoms in total. The summed E-state index contributed by atoms with van der Waals surface area (Å²) >= 11 is 0. The van der Waals surface area contributed by atoms with Gasteiger partial charge >= 0.3 is 0 Å². The summed E-state index contributed by atoms with van der Waals surface area (Å²) in [5.41, 5.74) is 16.1. The molecule has 320 valence electrons. The van der Waals surface area contributed by atoms with Crippen LogP contribution in [0.25, 0.3) is 137 Å². The molecular weight excluding hydrogens is 833 g/mol. The van der Waals surface area contributed by atoms with E-state index in [2.05, 4.69) is 259 Å². The van der Waals surface area contributed by atoms with Gasteiger partial charge in [-0.1, -0.05) is 218 Å². The fraction of sp³-hybridized carbons (Fsp3) is 0. The molecule has 12 aromatic carbocycles. The molecule has 0 aliphatic rings. The number of para-hydroxylation sites is 1. The molecule has 69 heavy (non-hydrogen) atoms. The van der Waals surface area contributed by atoms with Crippen LogP contribution in [0.1, 0.15) is 0 Å². The van der Waals surface area contributed by atoms with Crippen LogP contribution in [-0.4, -0.2) is 9.38 Å². The Morgan fingerprint density at radius 1 is 0.246 bits per heavy atom. The van der Waals surface area contributed by atoms with Crippen LogP contribution in [0.5, 0.6) is 0 Å².